The van der Waals surface area contributed by atoms with Crippen LogP contribution in [0.15, 0.2) is 84.6 Å². The number of rotatable bonds is 26. The average molecular weight is 1330 g/mol. The molecule has 3 fully saturated rings. The minimum Gasteiger partial charge on any atom is -0.460 e. The van der Waals surface area contributed by atoms with Crippen LogP contribution in [0.25, 0.3) is 32.6 Å². The molecule has 3 aliphatic heterocycles. The maximum atomic E-state index is 15.9. The summed E-state index contributed by atoms with van der Waals surface area (Å²) >= 11 is 1.55. The molecule has 3 aromatic heterocycles. The van der Waals surface area contributed by atoms with Crippen molar-refractivity contribution in [3.05, 3.63) is 119 Å². The zero-order chi connectivity index (χ0) is 67.2. The lowest BCUT2D eigenvalue weighted by molar-refractivity contribution is -0.156. The zero-order valence-corrected chi connectivity index (χ0v) is 56.0. The number of carbonyl (C=O) groups excluding carboxylic acids is 5. The Kier molecular flexibility index (Phi) is 22.2. The Morgan fingerprint density at radius 3 is 2.23 bits per heavy atom. The minimum atomic E-state index is -4.39. The maximum Gasteiger partial charge on any atom is 0.308 e. The number of carbonyl (C=O) groups is 5. The van der Waals surface area contributed by atoms with Gasteiger partial charge in [0, 0.05) is 100.0 Å². The highest BCUT2D eigenvalue weighted by molar-refractivity contribution is 7.90. The molecule has 0 spiro atoms. The van der Waals surface area contributed by atoms with E-state index in [1.165, 1.54) is 11.1 Å². The number of H-pyrrole nitrogens is 1. The van der Waals surface area contributed by atoms with Crippen LogP contribution in [0, 0.1) is 24.0 Å². The van der Waals surface area contributed by atoms with Gasteiger partial charge in [-0.1, -0.05) is 57.2 Å². The second-order valence-corrected chi connectivity index (χ2v) is 29.2. The predicted molar refractivity (Wildman–Crippen MR) is 350 cm³/mol. The second-order valence-electron chi connectivity index (χ2n) is 26.7. The molecule has 0 radical (unpaired) electrons. The van der Waals surface area contributed by atoms with E-state index in [9.17, 15) is 36.8 Å². The van der Waals surface area contributed by atoms with E-state index in [1.807, 2.05) is 116 Å². The van der Waals surface area contributed by atoms with Crippen molar-refractivity contribution in [2.45, 2.75) is 143 Å². The number of amides is 3. The molecule has 3 aliphatic rings. The molecular weight excluding hydrogens is 1240 g/mol. The number of fused-ring (bicyclic) bond motifs is 1. The number of nitrogens with one attached hydrogen (secondary N) is 4. The van der Waals surface area contributed by atoms with Crippen molar-refractivity contribution in [2.24, 2.45) is 5.41 Å². The summed E-state index contributed by atoms with van der Waals surface area (Å²) in [6.45, 7) is 22.4. The fourth-order valence-electron chi connectivity index (χ4n) is 11.7. The summed E-state index contributed by atoms with van der Waals surface area (Å²) in [6.07, 6.45) is 0.793. The van der Waals surface area contributed by atoms with Crippen molar-refractivity contribution in [2.75, 3.05) is 81.8 Å². The minimum absolute atomic E-state index is 0.0182. The predicted octanol–water partition coefficient (Wildman–Crippen LogP) is 9.15. The number of nitrogens with zero attached hydrogens (tertiary/aromatic N) is 6. The Hall–Kier alpha value is -7.33. The standard InChI is InChI=1S/C67H85F3N10O11S2/c1-41(91-67(9,10)22-29-89-66(6,7)8)31-56(82)90-49-33-54(63(84)73-34-43-11-13-45(14-12-43)60-42(2)74-40-92-60)80(38-49)64(85)61(65(3,4)5)75-55(81)39-88-30-28-77-24-26-78(27-25-77)48-17-15-44(16-18-48)46-32-50-51(36-72-62(50)71-35-46)59(83)57-52(69)19-20-53(58(57)70)76-93(86,87)79-23-21-47(68)37-79/h11-20,32,35-36,40-41,47,49,54,61,76H,21-31,33-34,37-39H2,1-10H3,(H,71,72)(H,73,84)(H,75,81)/t41?,47-,49-,54+,61?/m1/s1. The number of pyridine rings is 1. The molecule has 4 N–H and O–H groups in total. The van der Waals surface area contributed by atoms with E-state index >= 15 is 8.78 Å². The van der Waals surface area contributed by atoms with Gasteiger partial charge < -0.3 is 44.4 Å². The molecule has 3 saturated heterocycles. The normalized spacial score (nSPS) is 18.4. The molecule has 0 saturated carbocycles. The molecule has 6 aromatic rings. The summed E-state index contributed by atoms with van der Waals surface area (Å²) in [6, 6.07) is 16.8. The third-order valence-corrected chi connectivity index (χ3v) is 19.2. The van der Waals surface area contributed by atoms with E-state index in [2.05, 4.69) is 35.4 Å². The topological polar surface area (TPSA) is 247 Å². The highest BCUT2D eigenvalue weighted by atomic mass is 32.2. The fourth-order valence-corrected chi connectivity index (χ4v) is 13.7. The molecule has 2 unspecified atom stereocenters. The van der Waals surface area contributed by atoms with Gasteiger partial charge in [0.1, 0.15) is 42.4 Å². The Balaban J connectivity index is 0.763. The Bertz CT molecular complexity index is 3750. The van der Waals surface area contributed by atoms with Gasteiger partial charge in [0.25, 0.3) is 0 Å². The van der Waals surface area contributed by atoms with Gasteiger partial charge in [-0.05, 0) is 114 Å². The van der Waals surface area contributed by atoms with Gasteiger partial charge in [0.2, 0.25) is 23.5 Å². The number of hydrogen-bond acceptors (Lipinski definition) is 16. The largest absolute Gasteiger partial charge is 0.460 e. The smallest absolute Gasteiger partial charge is 0.308 e. The van der Waals surface area contributed by atoms with Crippen molar-refractivity contribution in [1.82, 2.24) is 39.7 Å². The molecule has 502 valence electrons. The van der Waals surface area contributed by atoms with Crippen LogP contribution in [-0.2, 0) is 54.9 Å². The monoisotopic (exact) mass is 1330 g/mol. The summed E-state index contributed by atoms with van der Waals surface area (Å²) in [4.78, 5) is 88.7. The molecule has 6 heterocycles. The lowest BCUT2D eigenvalue weighted by Crippen LogP contribution is -2.58. The molecule has 3 aromatic carbocycles. The Morgan fingerprint density at radius 1 is 0.860 bits per heavy atom. The second kappa shape index (κ2) is 29.5. The maximum absolute atomic E-state index is 15.9. The summed E-state index contributed by atoms with van der Waals surface area (Å²) < 4.78 is 97.6. The average Bonchev–Trinajstić information content (AvgIpc) is 1.75. The van der Waals surface area contributed by atoms with E-state index in [1.54, 1.807) is 36.0 Å². The number of anilines is 2. The first kappa shape index (κ1) is 70.0. The third kappa shape index (κ3) is 18.1. The van der Waals surface area contributed by atoms with Gasteiger partial charge in [0.05, 0.1) is 64.2 Å². The van der Waals surface area contributed by atoms with Crippen LogP contribution < -0.4 is 20.3 Å². The van der Waals surface area contributed by atoms with Gasteiger partial charge in [-0.2, -0.15) is 12.7 Å². The molecule has 21 nitrogen and oxygen atoms in total. The number of aryl methyl sites for hydroxylation is 1. The molecule has 0 aliphatic carbocycles. The van der Waals surface area contributed by atoms with Crippen molar-refractivity contribution in [1.29, 1.82) is 0 Å². The van der Waals surface area contributed by atoms with E-state index in [-0.39, 0.29) is 74.3 Å². The van der Waals surface area contributed by atoms with E-state index < -0.39 is 111 Å². The van der Waals surface area contributed by atoms with Gasteiger partial charge in [-0.3, -0.25) is 33.6 Å². The number of ether oxygens (including phenoxy) is 4. The lowest BCUT2D eigenvalue weighted by Gasteiger charge is -2.36. The summed E-state index contributed by atoms with van der Waals surface area (Å²) in [5.74, 6) is -5.61. The summed E-state index contributed by atoms with van der Waals surface area (Å²) in [5.41, 5.74) is 3.81. The number of hydrogen-bond donors (Lipinski definition) is 4. The van der Waals surface area contributed by atoms with Crippen molar-refractivity contribution in [3.63, 3.8) is 0 Å². The number of esters is 1. The number of likely N-dealkylation sites (tertiary alicyclic amines) is 1. The van der Waals surface area contributed by atoms with Gasteiger partial charge in [-0.25, -0.2) is 23.1 Å². The number of alkyl halides is 1. The highest BCUT2D eigenvalue weighted by Gasteiger charge is 2.46. The van der Waals surface area contributed by atoms with E-state index in [0.717, 1.165) is 49.4 Å². The van der Waals surface area contributed by atoms with Gasteiger partial charge in [0.15, 0.2) is 5.82 Å². The van der Waals surface area contributed by atoms with Crippen LogP contribution >= 0.6 is 11.3 Å². The molecule has 9 rings (SSSR count). The number of thiazole rings is 1. The van der Waals surface area contributed by atoms with Crippen molar-refractivity contribution >= 4 is 73.4 Å². The SMILES string of the molecule is Cc1ncsc1-c1ccc(CNC(=O)[C@@H]2C[C@@H](OC(=O)CC(C)OC(C)(C)CCOC(C)(C)C)CN2C(=O)C(NC(=O)COCCN2CCN(c3ccc(-c4cnc5[nH]cc(C(=O)c6c(F)ccc(NS(=O)(=O)N7CC[C@@H](F)C7)c6F)c5c4)cc3)CC2)C(C)(C)C)cc1. The van der Waals surface area contributed by atoms with Gasteiger partial charge in [-0.15, -0.1) is 11.3 Å². The lowest BCUT2D eigenvalue weighted by atomic mass is 9.85. The van der Waals surface area contributed by atoms with Crippen LogP contribution in [0.2, 0.25) is 0 Å². The Morgan fingerprint density at radius 2 is 1.57 bits per heavy atom. The van der Waals surface area contributed by atoms with Crippen LogP contribution in [-0.4, -0.2) is 181 Å². The molecule has 93 heavy (non-hydrogen) atoms. The molecular formula is C67H85F3N10O11S2. The van der Waals surface area contributed by atoms with Crippen LogP contribution in [0.1, 0.15) is 115 Å². The van der Waals surface area contributed by atoms with E-state index in [4.69, 9.17) is 18.9 Å². The highest BCUT2D eigenvalue weighted by Crippen LogP contribution is 2.34. The number of benzene rings is 3. The summed E-state index contributed by atoms with van der Waals surface area (Å²) in [7, 11) is -4.39. The molecule has 0 bridgehead atoms. The van der Waals surface area contributed by atoms with E-state index in [0.29, 0.717) is 51.3 Å². The molecule has 5 atom stereocenters. The zero-order valence-electron chi connectivity index (χ0n) is 54.4. The number of ketones is 1. The van der Waals surface area contributed by atoms with Crippen LogP contribution in [0.3, 0.4) is 0 Å². The van der Waals surface area contributed by atoms with Crippen LogP contribution in [0.5, 0.6) is 0 Å². The van der Waals surface area contributed by atoms with Crippen molar-refractivity contribution in [3.8, 4) is 21.6 Å². The first-order valence-corrected chi connectivity index (χ1v) is 33.7. The summed E-state index contributed by atoms with van der Waals surface area (Å²) in [5, 5.41) is 6.19. The first-order valence-electron chi connectivity index (χ1n) is 31.4. The Labute approximate surface area is 545 Å². The first-order chi connectivity index (χ1) is 43.9. The molecule has 3 amide bonds. The molecule has 26 heteroatoms. The number of aromatic amines is 1. The third-order valence-electron chi connectivity index (χ3n) is 16.7. The van der Waals surface area contributed by atoms with Gasteiger partial charge >= 0.3 is 16.2 Å². The number of aromatic nitrogens is 3. The number of piperazine rings is 1. The number of halogens is 3. The van der Waals surface area contributed by atoms with Crippen molar-refractivity contribution < 1.29 is 64.5 Å². The van der Waals surface area contributed by atoms with Crippen LogP contribution in [0.4, 0.5) is 24.5 Å². The quantitative estimate of drug-likeness (QED) is 0.0225. The fraction of sp³-hybridized carbons (Fsp3) is 0.507.